The predicted molar refractivity (Wildman–Crippen MR) is 70.3 cm³/mol. The van der Waals surface area contributed by atoms with E-state index < -0.39 is 0 Å². The quantitative estimate of drug-likeness (QED) is 0.663. The molecule has 0 fully saturated rings. The maximum atomic E-state index is 4.54. The highest BCUT2D eigenvalue weighted by Crippen LogP contribution is 2.20. The maximum Gasteiger partial charge on any atom is 0.119 e. The first-order valence-electron chi connectivity index (χ1n) is 6.75. The molecule has 0 spiro atoms. The van der Waals surface area contributed by atoms with Crippen LogP contribution in [-0.2, 0) is 0 Å². The van der Waals surface area contributed by atoms with Crippen molar-refractivity contribution in [3.8, 4) is 0 Å². The molecule has 0 aromatic heterocycles. The first kappa shape index (κ1) is 13.3. The molecule has 0 aromatic rings. The minimum Gasteiger partial charge on any atom is -0.339 e. The number of nitrogens with zero attached hydrogens (tertiary/aromatic N) is 3. The molecule has 1 aliphatic heterocycles. The highest BCUT2D eigenvalue weighted by Gasteiger charge is 2.27. The Morgan fingerprint density at radius 3 is 2.50 bits per heavy atom. The summed E-state index contributed by atoms with van der Waals surface area (Å²) in [5.74, 6) is 0.732. The van der Waals surface area contributed by atoms with Crippen LogP contribution in [0.5, 0.6) is 0 Å². The molecule has 0 saturated heterocycles. The molecular formula is C13H27N3. The Hall–Kier alpha value is -0.730. The van der Waals surface area contributed by atoms with Gasteiger partial charge in [-0.2, -0.15) is 5.10 Å². The van der Waals surface area contributed by atoms with Crippen molar-refractivity contribution >= 4 is 6.34 Å². The van der Waals surface area contributed by atoms with Crippen LogP contribution in [0.2, 0.25) is 0 Å². The predicted octanol–water partition coefficient (Wildman–Crippen LogP) is 3.13. The molecule has 3 nitrogen and oxygen atoms in total. The maximum absolute atomic E-state index is 4.54. The third kappa shape index (κ3) is 3.69. The van der Waals surface area contributed by atoms with Gasteiger partial charge in [0, 0.05) is 13.1 Å². The van der Waals surface area contributed by atoms with Gasteiger partial charge in [0.05, 0.1) is 0 Å². The van der Waals surface area contributed by atoms with E-state index in [0.29, 0.717) is 6.17 Å². The monoisotopic (exact) mass is 225 g/mol. The van der Waals surface area contributed by atoms with Crippen molar-refractivity contribution in [2.45, 2.75) is 59.5 Å². The number of hydrogen-bond acceptors (Lipinski definition) is 3. The molecule has 0 bridgehead atoms. The second-order valence-corrected chi connectivity index (χ2v) is 5.10. The summed E-state index contributed by atoms with van der Waals surface area (Å²) in [5, 5.41) is 6.82. The van der Waals surface area contributed by atoms with Crippen LogP contribution in [0.1, 0.15) is 53.4 Å². The van der Waals surface area contributed by atoms with Crippen LogP contribution >= 0.6 is 0 Å². The van der Waals surface area contributed by atoms with E-state index in [-0.39, 0.29) is 0 Å². The third-order valence-corrected chi connectivity index (χ3v) is 2.98. The molecule has 1 aliphatic rings. The van der Waals surface area contributed by atoms with Crippen LogP contribution in [0.15, 0.2) is 5.10 Å². The fraction of sp³-hybridized carbons (Fsp3) is 0.923. The standard InChI is InChI=1S/C13H27N3/c1-5-7-9-16-13(10-12(3)4)15(8-6-2)11-14-16/h11-13H,5-10H2,1-4H3. The number of unbranched alkanes of at least 4 members (excludes halogenated alkanes) is 1. The van der Waals surface area contributed by atoms with Gasteiger partial charge in [-0.3, -0.25) is 5.01 Å². The molecule has 1 heterocycles. The first-order chi connectivity index (χ1) is 7.69. The number of hydrogen-bond donors (Lipinski definition) is 0. The Morgan fingerprint density at radius 2 is 1.94 bits per heavy atom. The van der Waals surface area contributed by atoms with E-state index in [0.717, 1.165) is 19.0 Å². The summed E-state index contributed by atoms with van der Waals surface area (Å²) in [6.07, 6.45) is 7.43. The van der Waals surface area contributed by atoms with Crippen LogP contribution < -0.4 is 0 Å². The average Bonchev–Trinajstić information content (AvgIpc) is 2.59. The van der Waals surface area contributed by atoms with E-state index in [9.17, 15) is 0 Å². The van der Waals surface area contributed by atoms with Gasteiger partial charge >= 0.3 is 0 Å². The molecule has 0 amide bonds. The van der Waals surface area contributed by atoms with Gasteiger partial charge in [0.2, 0.25) is 0 Å². The van der Waals surface area contributed by atoms with Crippen LogP contribution in [0, 0.1) is 5.92 Å². The van der Waals surface area contributed by atoms with Gasteiger partial charge in [-0.15, -0.1) is 0 Å². The van der Waals surface area contributed by atoms with Gasteiger partial charge < -0.3 is 4.90 Å². The average molecular weight is 225 g/mol. The van der Waals surface area contributed by atoms with Crippen LogP contribution in [0.4, 0.5) is 0 Å². The third-order valence-electron chi connectivity index (χ3n) is 2.98. The van der Waals surface area contributed by atoms with E-state index >= 15 is 0 Å². The lowest BCUT2D eigenvalue weighted by atomic mass is 10.1. The Kier molecular flexibility index (Phi) is 5.64. The van der Waals surface area contributed by atoms with Gasteiger partial charge in [-0.1, -0.05) is 34.1 Å². The summed E-state index contributed by atoms with van der Waals surface area (Å²) in [4.78, 5) is 2.40. The number of rotatable bonds is 7. The topological polar surface area (TPSA) is 18.8 Å². The second-order valence-electron chi connectivity index (χ2n) is 5.10. The van der Waals surface area contributed by atoms with Crippen molar-refractivity contribution < 1.29 is 0 Å². The molecule has 1 rings (SSSR count). The first-order valence-corrected chi connectivity index (χ1v) is 6.75. The molecule has 1 unspecified atom stereocenters. The molecule has 3 heteroatoms. The van der Waals surface area contributed by atoms with Crippen LogP contribution in [0.3, 0.4) is 0 Å². The number of hydrazone groups is 1. The fourth-order valence-electron chi connectivity index (χ4n) is 2.13. The van der Waals surface area contributed by atoms with E-state index in [1.807, 2.05) is 6.34 Å². The van der Waals surface area contributed by atoms with Crippen molar-refractivity contribution in [2.24, 2.45) is 11.0 Å². The Bertz CT molecular complexity index is 213. The summed E-state index contributed by atoms with van der Waals surface area (Å²) in [5.41, 5.74) is 0. The smallest absolute Gasteiger partial charge is 0.119 e. The molecule has 94 valence electrons. The van der Waals surface area contributed by atoms with Crippen molar-refractivity contribution in [1.82, 2.24) is 9.91 Å². The molecule has 0 aliphatic carbocycles. The summed E-state index contributed by atoms with van der Waals surface area (Å²) in [6.45, 7) is 11.3. The van der Waals surface area contributed by atoms with Crippen molar-refractivity contribution in [2.75, 3.05) is 13.1 Å². The molecule has 0 aromatic carbocycles. The summed E-state index contributed by atoms with van der Waals surface area (Å²) < 4.78 is 0. The van der Waals surface area contributed by atoms with Gasteiger partial charge in [0.25, 0.3) is 0 Å². The SMILES string of the molecule is CCCCN1N=CN(CCC)C1CC(C)C. The summed E-state index contributed by atoms with van der Waals surface area (Å²) in [6, 6.07) is 0. The molecule has 0 radical (unpaired) electrons. The second kappa shape index (κ2) is 6.77. The van der Waals surface area contributed by atoms with Crippen LogP contribution in [0.25, 0.3) is 0 Å². The summed E-state index contributed by atoms with van der Waals surface area (Å²) in [7, 11) is 0. The minimum absolute atomic E-state index is 0.506. The van der Waals surface area contributed by atoms with E-state index in [1.165, 1.54) is 25.7 Å². The van der Waals surface area contributed by atoms with E-state index in [2.05, 4.69) is 42.7 Å². The van der Waals surface area contributed by atoms with Gasteiger partial charge in [-0.25, -0.2) is 0 Å². The summed E-state index contributed by atoms with van der Waals surface area (Å²) >= 11 is 0. The molecule has 0 N–H and O–H groups in total. The Morgan fingerprint density at radius 1 is 1.19 bits per heavy atom. The van der Waals surface area contributed by atoms with Crippen molar-refractivity contribution in [3.05, 3.63) is 0 Å². The fourth-order valence-corrected chi connectivity index (χ4v) is 2.13. The lowest BCUT2D eigenvalue weighted by molar-refractivity contribution is 0.108. The lowest BCUT2D eigenvalue weighted by Gasteiger charge is -2.31. The van der Waals surface area contributed by atoms with Crippen molar-refractivity contribution in [1.29, 1.82) is 0 Å². The minimum atomic E-state index is 0.506. The van der Waals surface area contributed by atoms with E-state index in [4.69, 9.17) is 0 Å². The zero-order valence-corrected chi connectivity index (χ0v) is 11.3. The normalized spacial score (nSPS) is 20.2. The largest absolute Gasteiger partial charge is 0.339 e. The van der Waals surface area contributed by atoms with E-state index in [1.54, 1.807) is 0 Å². The zero-order valence-electron chi connectivity index (χ0n) is 11.3. The Balaban J connectivity index is 2.52. The van der Waals surface area contributed by atoms with Gasteiger partial charge in [0.1, 0.15) is 12.5 Å². The van der Waals surface area contributed by atoms with Gasteiger partial charge in [0.15, 0.2) is 0 Å². The molecule has 16 heavy (non-hydrogen) atoms. The lowest BCUT2D eigenvalue weighted by Crippen LogP contribution is -2.41. The highest BCUT2D eigenvalue weighted by atomic mass is 15.6. The van der Waals surface area contributed by atoms with Crippen LogP contribution in [-0.4, -0.2) is 35.5 Å². The highest BCUT2D eigenvalue weighted by molar-refractivity contribution is 5.57. The van der Waals surface area contributed by atoms with Gasteiger partial charge in [-0.05, 0) is 25.2 Å². The zero-order chi connectivity index (χ0) is 12.0. The van der Waals surface area contributed by atoms with Crippen molar-refractivity contribution in [3.63, 3.8) is 0 Å². The molecule has 0 saturated carbocycles. The molecular weight excluding hydrogens is 198 g/mol. The molecule has 1 atom stereocenters. The Labute approximate surface area is 100 Å².